The second-order valence-electron chi connectivity index (χ2n) is 8.31. The number of rotatable bonds is 0. The maximum Gasteiger partial charge on any atom is 0.309 e. The molecule has 3 heteroatoms. The fourth-order valence-electron chi connectivity index (χ4n) is 6.88. The van der Waals surface area contributed by atoms with Crippen molar-refractivity contribution in [3.8, 4) is 0 Å². The molecule has 0 amide bonds. The molecule has 5 fully saturated rings. The predicted octanol–water partition coefficient (Wildman–Crippen LogP) is 1.70. The minimum absolute atomic E-state index is 0.0882. The summed E-state index contributed by atoms with van der Waals surface area (Å²) < 4.78 is 5.69. The van der Waals surface area contributed by atoms with Crippen molar-refractivity contribution >= 4 is 5.97 Å². The molecule has 1 spiro atoms. The van der Waals surface area contributed by atoms with Crippen LogP contribution in [0.25, 0.3) is 0 Å². The molecule has 4 saturated carbocycles. The van der Waals surface area contributed by atoms with E-state index in [0.717, 1.165) is 25.2 Å². The molecule has 2 N–H and O–H groups in total. The van der Waals surface area contributed by atoms with Gasteiger partial charge in [-0.1, -0.05) is 13.8 Å². The highest BCUT2D eigenvalue weighted by molar-refractivity contribution is 5.78. The number of ether oxygens (including phenoxy) is 1. The summed E-state index contributed by atoms with van der Waals surface area (Å²) in [5.41, 5.74) is 7.28. The Balaban J connectivity index is 1.67. The summed E-state index contributed by atoms with van der Waals surface area (Å²) >= 11 is 0. The maximum atomic E-state index is 12.2. The molecule has 7 atom stereocenters. The average molecular weight is 247 g/mol. The molecular weight excluding hydrogens is 226 g/mol. The third-order valence-corrected chi connectivity index (χ3v) is 7.46. The molecule has 3 nitrogen and oxygen atoms in total. The Labute approximate surface area is 107 Å². The van der Waals surface area contributed by atoms with Gasteiger partial charge < -0.3 is 10.5 Å². The highest BCUT2D eigenvalue weighted by Crippen LogP contribution is 2.85. The van der Waals surface area contributed by atoms with Crippen LogP contribution in [0, 0.1) is 34.5 Å². The van der Waals surface area contributed by atoms with Crippen LogP contribution in [0.4, 0.5) is 0 Å². The Morgan fingerprint density at radius 1 is 1.28 bits per heavy atom. The quantitative estimate of drug-likeness (QED) is 0.663. The van der Waals surface area contributed by atoms with Crippen molar-refractivity contribution < 1.29 is 9.53 Å². The lowest BCUT2D eigenvalue weighted by atomic mass is 9.21. The van der Waals surface area contributed by atoms with Crippen molar-refractivity contribution in [1.29, 1.82) is 0 Å². The molecule has 98 valence electrons. The van der Waals surface area contributed by atoms with E-state index < -0.39 is 0 Å². The Hall–Kier alpha value is -0.570. The van der Waals surface area contributed by atoms with Crippen LogP contribution in [-0.4, -0.2) is 17.6 Å². The number of hydrogen-bond donors (Lipinski definition) is 1. The molecule has 4 aliphatic carbocycles. The largest absolute Gasteiger partial charge is 0.462 e. The molecule has 0 aromatic carbocycles. The van der Waals surface area contributed by atoms with E-state index in [1.54, 1.807) is 0 Å². The normalized spacial score (nSPS) is 65.5. The van der Waals surface area contributed by atoms with E-state index in [9.17, 15) is 4.79 Å². The van der Waals surface area contributed by atoms with Crippen molar-refractivity contribution in [3.05, 3.63) is 0 Å². The number of fused-ring (bicyclic) bond motifs is 2. The van der Waals surface area contributed by atoms with Crippen LogP contribution in [0.5, 0.6) is 0 Å². The van der Waals surface area contributed by atoms with Gasteiger partial charge in [0, 0.05) is 5.54 Å². The van der Waals surface area contributed by atoms with Crippen molar-refractivity contribution in [2.24, 2.45) is 40.2 Å². The Morgan fingerprint density at radius 3 is 2.83 bits per heavy atom. The third-order valence-electron chi connectivity index (χ3n) is 7.46. The minimum Gasteiger partial charge on any atom is -0.462 e. The summed E-state index contributed by atoms with van der Waals surface area (Å²) in [4.78, 5) is 12.2. The minimum atomic E-state index is 0.0882. The van der Waals surface area contributed by atoms with E-state index in [-0.39, 0.29) is 34.4 Å². The first-order chi connectivity index (χ1) is 8.39. The van der Waals surface area contributed by atoms with Crippen molar-refractivity contribution in [1.82, 2.24) is 0 Å². The highest BCUT2D eigenvalue weighted by atomic mass is 16.5. The summed E-state index contributed by atoms with van der Waals surface area (Å²) in [5.74, 6) is 2.24. The van der Waals surface area contributed by atoms with E-state index in [1.165, 1.54) is 6.42 Å². The van der Waals surface area contributed by atoms with Gasteiger partial charge in [0.25, 0.3) is 0 Å². The summed E-state index contributed by atoms with van der Waals surface area (Å²) in [6.45, 7) is 4.70. The van der Waals surface area contributed by atoms with Gasteiger partial charge in [-0.3, -0.25) is 4.79 Å². The van der Waals surface area contributed by atoms with Gasteiger partial charge in [0.1, 0.15) is 6.10 Å². The van der Waals surface area contributed by atoms with Gasteiger partial charge in [0.2, 0.25) is 0 Å². The van der Waals surface area contributed by atoms with Crippen molar-refractivity contribution in [2.45, 2.75) is 51.2 Å². The van der Waals surface area contributed by atoms with Gasteiger partial charge in [-0.25, -0.2) is 0 Å². The Morgan fingerprint density at radius 2 is 2.06 bits per heavy atom. The van der Waals surface area contributed by atoms with Crippen LogP contribution in [0.2, 0.25) is 0 Å². The maximum absolute atomic E-state index is 12.2. The zero-order valence-electron chi connectivity index (χ0n) is 11.1. The van der Waals surface area contributed by atoms with Crippen molar-refractivity contribution in [2.75, 3.05) is 0 Å². The van der Waals surface area contributed by atoms with Gasteiger partial charge in [-0.05, 0) is 54.3 Å². The standard InChI is InChI=1S/C15H21NO2/c1-13(2)4-7-5-14-8(12(17)18-7)3-10(14)15(16)6-9(13)11(14)15/h7-11H,3-6,16H2,1-2H3. The topological polar surface area (TPSA) is 52.3 Å². The first-order valence-electron chi connectivity index (χ1n) is 7.39. The lowest BCUT2D eigenvalue weighted by molar-refractivity contribution is -0.346. The van der Waals surface area contributed by atoms with E-state index >= 15 is 0 Å². The first kappa shape index (κ1) is 10.2. The van der Waals surface area contributed by atoms with Gasteiger partial charge in [0.05, 0.1) is 5.92 Å². The summed E-state index contributed by atoms with van der Waals surface area (Å²) in [7, 11) is 0. The number of carbonyl (C=O) groups excluding carboxylic acids is 1. The molecule has 1 aliphatic heterocycles. The second-order valence-corrected chi connectivity index (χ2v) is 8.31. The van der Waals surface area contributed by atoms with Crippen LogP contribution in [0.1, 0.15) is 39.5 Å². The van der Waals surface area contributed by atoms with Crippen molar-refractivity contribution in [3.63, 3.8) is 0 Å². The number of nitrogens with two attached hydrogens (primary N) is 1. The second kappa shape index (κ2) is 2.39. The molecule has 1 saturated heterocycles. The summed E-state index contributed by atoms with van der Waals surface area (Å²) in [6.07, 6.45) is 4.51. The van der Waals surface area contributed by atoms with E-state index in [4.69, 9.17) is 10.5 Å². The predicted molar refractivity (Wildman–Crippen MR) is 65.4 cm³/mol. The molecular formula is C15H21NO2. The zero-order valence-corrected chi connectivity index (χ0v) is 11.1. The van der Waals surface area contributed by atoms with Crippen LogP contribution < -0.4 is 5.73 Å². The van der Waals surface area contributed by atoms with Gasteiger partial charge in [-0.15, -0.1) is 0 Å². The van der Waals surface area contributed by atoms with Crippen LogP contribution >= 0.6 is 0 Å². The first-order valence-corrected chi connectivity index (χ1v) is 7.39. The fraction of sp³-hybridized carbons (Fsp3) is 0.933. The van der Waals surface area contributed by atoms with Gasteiger partial charge in [-0.2, -0.15) is 0 Å². The van der Waals surface area contributed by atoms with Crippen LogP contribution in [0.15, 0.2) is 0 Å². The van der Waals surface area contributed by atoms with Crippen LogP contribution in [-0.2, 0) is 9.53 Å². The monoisotopic (exact) mass is 247 g/mol. The number of hydrogen-bond acceptors (Lipinski definition) is 3. The molecule has 0 radical (unpaired) electrons. The molecule has 5 rings (SSSR count). The summed E-state index contributed by atoms with van der Waals surface area (Å²) in [6, 6.07) is 0. The zero-order chi connectivity index (χ0) is 12.5. The SMILES string of the molecule is CC1(C)CC2CC34C(CC3C3(N)CC1C34)C(=O)O2. The van der Waals surface area contributed by atoms with Gasteiger partial charge >= 0.3 is 5.97 Å². The molecule has 0 aromatic rings. The fourth-order valence-corrected chi connectivity index (χ4v) is 6.88. The Kier molecular flexibility index (Phi) is 1.36. The molecule has 18 heavy (non-hydrogen) atoms. The average Bonchev–Trinajstić information content (AvgIpc) is 2.27. The van der Waals surface area contributed by atoms with Gasteiger partial charge in [0.15, 0.2) is 0 Å². The van der Waals surface area contributed by atoms with Crippen LogP contribution in [0.3, 0.4) is 0 Å². The number of esters is 1. The number of carbonyl (C=O) groups is 1. The van der Waals surface area contributed by atoms with E-state index in [1.807, 2.05) is 0 Å². The smallest absolute Gasteiger partial charge is 0.309 e. The lowest BCUT2D eigenvalue weighted by Crippen LogP contribution is -2.90. The molecule has 0 aromatic heterocycles. The Bertz CT molecular complexity index is 487. The van der Waals surface area contributed by atoms with E-state index in [0.29, 0.717) is 11.8 Å². The highest BCUT2D eigenvalue weighted by Gasteiger charge is 2.87. The molecule has 7 unspecified atom stereocenters. The lowest BCUT2D eigenvalue weighted by Gasteiger charge is -2.84. The molecule has 5 aliphatic rings. The molecule has 1 heterocycles. The van der Waals surface area contributed by atoms with E-state index in [2.05, 4.69) is 13.8 Å². The third kappa shape index (κ3) is 0.728. The molecule has 2 bridgehead atoms. The summed E-state index contributed by atoms with van der Waals surface area (Å²) in [5, 5.41) is 0.